The predicted octanol–water partition coefficient (Wildman–Crippen LogP) is 1.57. The number of hydrogen-bond donors (Lipinski definition) is 3. The van der Waals surface area contributed by atoms with Crippen molar-refractivity contribution in [3.63, 3.8) is 0 Å². The van der Waals surface area contributed by atoms with E-state index in [1.54, 1.807) is 0 Å². The number of carbonyl (C=O) groups excluding carboxylic acids is 1. The first kappa shape index (κ1) is 17.0. The molecule has 2 rings (SSSR count). The van der Waals surface area contributed by atoms with Gasteiger partial charge in [0.25, 0.3) is 5.91 Å². The van der Waals surface area contributed by atoms with E-state index in [0.717, 1.165) is 11.1 Å². The van der Waals surface area contributed by atoms with E-state index in [9.17, 15) is 4.79 Å². The van der Waals surface area contributed by atoms with Crippen molar-refractivity contribution in [3.05, 3.63) is 47.0 Å². The fourth-order valence-electron chi connectivity index (χ4n) is 2.15. The summed E-state index contributed by atoms with van der Waals surface area (Å²) in [5.41, 5.74) is 9.42. The number of amides is 1. The van der Waals surface area contributed by atoms with Gasteiger partial charge in [0.05, 0.1) is 0 Å². The van der Waals surface area contributed by atoms with Gasteiger partial charge in [-0.2, -0.15) is 0 Å². The van der Waals surface area contributed by atoms with Crippen LogP contribution in [0.4, 0.5) is 0 Å². The van der Waals surface area contributed by atoms with Crippen molar-refractivity contribution >= 4 is 29.1 Å². The van der Waals surface area contributed by atoms with Crippen LogP contribution >= 0.6 is 12.2 Å². The van der Waals surface area contributed by atoms with Crippen LogP contribution in [0.5, 0.6) is 0 Å². The van der Waals surface area contributed by atoms with E-state index in [1.807, 2.05) is 51.1 Å². The lowest BCUT2D eigenvalue weighted by molar-refractivity contribution is -0.117. The quantitative estimate of drug-likeness (QED) is 0.575. The molecule has 0 unspecified atom stereocenters. The molecule has 0 atom stereocenters. The van der Waals surface area contributed by atoms with Crippen LogP contribution in [0.25, 0.3) is 0 Å². The topological polar surface area (TPSA) is 88.7 Å². The van der Waals surface area contributed by atoms with Crippen molar-refractivity contribution < 1.29 is 9.53 Å². The Morgan fingerprint density at radius 3 is 2.61 bits per heavy atom. The molecule has 0 bridgehead atoms. The Morgan fingerprint density at radius 2 is 2.00 bits per heavy atom. The lowest BCUT2D eigenvalue weighted by Gasteiger charge is -2.19. The summed E-state index contributed by atoms with van der Waals surface area (Å²) in [6, 6.07) is 9.66. The number of carbonyl (C=O) groups is 1. The molecule has 1 aromatic carbocycles. The van der Waals surface area contributed by atoms with Crippen molar-refractivity contribution in [2.24, 2.45) is 10.8 Å². The van der Waals surface area contributed by atoms with Crippen molar-refractivity contribution in [2.45, 2.75) is 32.9 Å². The van der Waals surface area contributed by atoms with Crippen LogP contribution < -0.4 is 16.5 Å². The molecule has 1 aliphatic heterocycles. The minimum Gasteiger partial charge on any atom is -0.465 e. The zero-order valence-electron chi connectivity index (χ0n) is 13.3. The molecule has 1 heterocycles. The second-order valence-corrected chi connectivity index (χ2v) is 6.11. The maximum atomic E-state index is 12.6. The highest BCUT2D eigenvalue weighted by atomic mass is 32.1. The summed E-state index contributed by atoms with van der Waals surface area (Å²) >= 11 is 4.72. The average molecular weight is 332 g/mol. The molecule has 0 spiro atoms. The molecule has 7 heteroatoms. The van der Waals surface area contributed by atoms with Crippen LogP contribution in [0.3, 0.4) is 0 Å². The fourth-order valence-corrected chi connectivity index (χ4v) is 2.19. The molecule has 0 aromatic heterocycles. The van der Waals surface area contributed by atoms with Gasteiger partial charge in [0.15, 0.2) is 5.11 Å². The first-order valence-electron chi connectivity index (χ1n) is 7.17. The van der Waals surface area contributed by atoms with Gasteiger partial charge in [-0.15, -0.1) is 5.10 Å². The Kier molecular flexibility index (Phi) is 5.00. The monoisotopic (exact) mass is 332 g/mol. The van der Waals surface area contributed by atoms with E-state index < -0.39 is 5.60 Å². The van der Waals surface area contributed by atoms with Crippen LogP contribution in [0, 0.1) is 0 Å². The third-order valence-corrected chi connectivity index (χ3v) is 3.73. The second kappa shape index (κ2) is 6.78. The highest BCUT2D eigenvalue weighted by Crippen LogP contribution is 2.32. The number of nitrogens with two attached hydrogens (primary N) is 1. The normalized spacial score (nSPS) is 17.8. The molecule has 1 amide bonds. The minimum absolute atomic E-state index is 0.00695. The molecule has 122 valence electrons. The lowest BCUT2D eigenvalue weighted by atomic mass is 9.97. The highest BCUT2D eigenvalue weighted by molar-refractivity contribution is 7.80. The maximum absolute atomic E-state index is 12.6. The average Bonchev–Trinajstić information content (AvgIpc) is 2.74. The number of ether oxygens (including phenoxy) is 1. The van der Waals surface area contributed by atoms with E-state index in [1.165, 1.54) is 0 Å². The Morgan fingerprint density at radius 1 is 1.35 bits per heavy atom. The van der Waals surface area contributed by atoms with Crippen molar-refractivity contribution in [2.75, 3.05) is 0 Å². The summed E-state index contributed by atoms with van der Waals surface area (Å²) in [5, 5.41) is 6.87. The lowest BCUT2D eigenvalue weighted by Crippen LogP contribution is -2.30. The second-order valence-electron chi connectivity index (χ2n) is 5.67. The Balaban J connectivity index is 2.18. The summed E-state index contributed by atoms with van der Waals surface area (Å²) in [4.78, 5) is 12.6. The van der Waals surface area contributed by atoms with Crippen LogP contribution in [0.1, 0.15) is 26.3 Å². The standard InChI is InChI=1S/C16H20N4O2S/c1-10-12(13(21)18-9-11-7-5-4-6-8-11)14(19-20-15(17)23)22-16(10,2)3/h4-8H,9H2,1-3H3,(H,18,21)(H3,17,20,23). The number of nitrogens with zero attached hydrogens (tertiary/aromatic N) is 1. The molecule has 0 saturated heterocycles. The van der Waals surface area contributed by atoms with Gasteiger partial charge in [-0.05, 0) is 44.1 Å². The molecule has 1 aliphatic rings. The van der Waals surface area contributed by atoms with E-state index in [-0.39, 0.29) is 16.9 Å². The summed E-state index contributed by atoms with van der Waals surface area (Å²) in [6.45, 7) is 6.01. The van der Waals surface area contributed by atoms with E-state index in [2.05, 4.69) is 15.8 Å². The number of hydrogen-bond acceptors (Lipinski definition) is 4. The molecule has 6 nitrogen and oxygen atoms in total. The van der Waals surface area contributed by atoms with Crippen LogP contribution in [0.15, 0.2) is 46.6 Å². The number of rotatable bonds is 4. The van der Waals surface area contributed by atoms with Crippen LogP contribution in [0.2, 0.25) is 0 Å². The van der Waals surface area contributed by atoms with E-state index in [4.69, 9.17) is 22.7 Å². The molecule has 0 fully saturated rings. The molecule has 4 N–H and O–H groups in total. The smallest absolute Gasteiger partial charge is 0.257 e. The fraction of sp³-hybridized carbons (Fsp3) is 0.312. The Hall–Kier alpha value is -2.41. The molecular weight excluding hydrogens is 312 g/mol. The first-order chi connectivity index (χ1) is 10.8. The van der Waals surface area contributed by atoms with Gasteiger partial charge in [-0.1, -0.05) is 30.3 Å². The summed E-state index contributed by atoms with van der Waals surface area (Å²) < 4.78 is 5.73. The number of thiocarbonyl (C=S) groups is 1. The van der Waals surface area contributed by atoms with Crippen molar-refractivity contribution in [3.8, 4) is 0 Å². The summed E-state index contributed by atoms with van der Waals surface area (Å²) in [7, 11) is 0. The van der Waals surface area contributed by atoms with Crippen LogP contribution in [-0.2, 0) is 16.1 Å². The van der Waals surface area contributed by atoms with E-state index >= 15 is 0 Å². The molecule has 0 saturated carbocycles. The third-order valence-electron chi connectivity index (χ3n) is 3.63. The number of nitrogens with one attached hydrogen (secondary N) is 2. The third kappa shape index (κ3) is 4.07. The highest BCUT2D eigenvalue weighted by Gasteiger charge is 2.39. The molecule has 0 radical (unpaired) electrons. The summed E-state index contributed by atoms with van der Waals surface area (Å²) in [5.74, 6) is -0.0636. The van der Waals surface area contributed by atoms with Crippen LogP contribution in [-0.4, -0.2) is 22.5 Å². The Bertz CT molecular complexity index is 681. The molecule has 1 aromatic rings. The molecule has 23 heavy (non-hydrogen) atoms. The van der Waals surface area contributed by atoms with Gasteiger partial charge >= 0.3 is 0 Å². The minimum atomic E-state index is -0.615. The number of benzene rings is 1. The van der Waals surface area contributed by atoms with Gasteiger partial charge in [0.2, 0.25) is 5.90 Å². The van der Waals surface area contributed by atoms with Crippen molar-refractivity contribution in [1.82, 2.24) is 10.7 Å². The zero-order chi connectivity index (χ0) is 17.0. The van der Waals surface area contributed by atoms with Crippen molar-refractivity contribution in [1.29, 1.82) is 0 Å². The molecule has 0 aliphatic carbocycles. The largest absolute Gasteiger partial charge is 0.465 e. The zero-order valence-corrected chi connectivity index (χ0v) is 14.2. The Labute approximate surface area is 140 Å². The first-order valence-corrected chi connectivity index (χ1v) is 7.58. The number of hydrazone groups is 1. The predicted molar refractivity (Wildman–Crippen MR) is 93.5 cm³/mol. The maximum Gasteiger partial charge on any atom is 0.257 e. The van der Waals surface area contributed by atoms with Gasteiger partial charge in [0, 0.05) is 6.54 Å². The van der Waals surface area contributed by atoms with Gasteiger partial charge < -0.3 is 15.8 Å². The van der Waals surface area contributed by atoms with E-state index in [0.29, 0.717) is 12.1 Å². The summed E-state index contributed by atoms with van der Waals surface area (Å²) in [6.07, 6.45) is 0. The van der Waals surface area contributed by atoms with Gasteiger partial charge in [-0.3, -0.25) is 10.2 Å². The van der Waals surface area contributed by atoms with Gasteiger partial charge in [0.1, 0.15) is 11.2 Å². The SMILES string of the molecule is CC1=C(C(=O)NCc2ccccc2)C(=NNC(N)=S)OC1(C)C. The molecular formula is C16H20N4O2S. The van der Waals surface area contributed by atoms with Gasteiger partial charge in [-0.25, -0.2) is 0 Å².